The van der Waals surface area contributed by atoms with E-state index in [1.807, 2.05) is 0 Å². The number of aromatic carboxylic acids is 1. The van der Waals surface area contributed by atoms with E-state index in [1.165, 1.54) is 18.7 Å². The van der Waals surface area contributed by atoms with Crippen molar-refractivity contribution in [3.63, 3.8) is 0 Å². The Kier molecular flexibility index (Phi) is 4.51. The van der Waals surface area contributed by atoms with Crippen LogP contribution in [0.15, 0.2) is 9.82 Å². The third-order valence-corrected chi connectivity index (χ3v) is 2.77. The highest BCUT2D eigenvalue weighted by atomic mass is 32.2. The van der Waals surface area contributed by atoms with Crippen LogP contribution in [0.3, 0.4) is 0 Å². The first kappa shape index (κ1) is 12.7. The molecule has 0 fully saturated rings. The lowest BCUT2D eigenvalue weighted by Crippen LogP contribution is -2.18. The van der Waals surface area contributed by atoms with Crippen molar-refractivity contribution < 1.29 is 14.6 Å². The van der Waals surface area contributed by atoms with Gasteiger partial charge in [-0.2, -0.15) is 4.98 Å². The summed E-state index contributed by atoms with van der Waals surface area (Å²) in [5.41, 5.74) is -0.185. The zero-order valence-electron chi connectivity index (χ0n) is 8.94. The molecule has 16 heavy (non-hydrogen) atoms. The average molecular weight is 244 g/mol. The molecule has 0 bridgehead atoms. The number of H-pyrrole nitrogens is 1. The van der Waals surface area contributed by atoms with Crippen molar-refractivity contribution in [3.05, 3.63) is 21.7 Å². The van der Waals surface area contributed by atoms with Crippen LogP contribution in [0.1, 0.15) is 16.1 Å². The largest absolute Gasteiger partial charge is 0.478 e. The van der Waals surface area contributed by atoms with E-state index >= 15 is 0 Å². The van der Waals surface area contributed by atoms with E-state index in [9.17, 15) is 9.59 Å². The quantitative estimate of drug-likeness (QED) is 0.445. The molecule has 0 aliphatic carbocycles. The monoisotopic (exact) mass is 244 g/mol. The van der Waals surface area contributed by atoms with Crippen molar-refractivity contribution in [1.29, 1.82) is 0 Å². The number of aryl methyl sites for hydroxylation is 1. The van der Waals surface area contributed by atoms with E-state index in [0.717, 1.165) is 0 Å². The van der Waals surface area contributed by atoms with Gasteiger partial charge in [-0.15, -0.1) is 11.8 Å². The molecule has 1 heterocycles. The fourth-order valence-corrected chi connectivity index (χ4v) is 2.11. The van der Waals surface area contributed by atoms with Gasteiger partial charge in [0.2, 0.25) is 0 Å². The van der Waals surface area contributed by atoms with Crippen molar-refractivity contribution in [2.75, 3.05) is 19.5 Å². The number of thioether (sulfide) groups is 1. The maximum absolute atomic E-state index is 11.1. The summed E-state index contributed by atoms with van der Waals surface area (Å²) in [6.45, 7) is 2.00. The molecule has 0 radical (unpaired) electrons. The first-order valence-electron chi connectivity index (χ1n) is 4.52. The van der Waals surface area contributed by atoms with Crippen LogP contribution >= 0.6 is 11.8 Å². The van der Waals surface area contributed by atoms with Gasteiger partial charge in [0.25, 0.3) is 0 Å². The number of carboxylic acids is 1. The number of ether oxygens (including phenoxy) is 1. The molecule has 0 unspecified atom stereocenters. The van der Waals surface area contributed by atoms with E-state index in [4.69, 9.17) is 9.84 Å². The number of aromatic amines is 1. The number of nitrogens with one attached hydrogen (secondary N) is 1. The SMILES string of the molecule is COCCSc1nc(=O)[nH]c(C)c1C(=O)O. The van der Waals surface area contributed by atoms with Crippen molar-refractivity contribution in [2.45, 2.75) is 11.9 Å². The average Bonchev–Trinajstić information content (AvgIpc) is 2.16. The van der Waals surface area contributed by atoms with Crippen LogP contribution < -0.4 is 5.69 Å². The first-order valence-corrected chi connectivity index (χ1v) is 5.50. The van der Waals surface area contributed by atoms with E-state index in [-0.39, 0.29) is 10.6 Å². The van der Waals surface area contributed by atoms with Gasteiger partial charge in [0.05, 0.1) is 6.61 Å². The topological polar surface area (TPSA) is 92.3 Å². The Bertz CT molecular complexity index is 444. The highest BCUT2D eigenvalue weighted by Gasteiger charge is 2.16. The molecule has 7 heteroatoms. The molecule has 0 aliphatic rings. The Morgan fingerprint density at radius 3 is 2.88 bits per heavy atom. The maximum Gasteiger partial charge on any atom is 0.346 e. The van der Waals surface area contributed by atoms with E-state index < -0.39 is 11.7 Å². The van der Waals surface area contributed by atoms with E-state index in [2.05, 4.69) is 9.97 Å². The van der Waals surface area contributed by atoms with Gasteiger partial charge in [-0.25, -0.2) is 9.59 Å². The lowest BCUT2D eigenvalue weighted by Gasteiger charge is -2.06. The summed E-state index contributed by atoms with van der Waals surface area (Å²) in [6.07, 6.45) is 0. The Morgan fingerprint density at radius 2 is 2.31 bits per heavy atom. The van der Waals surface area contributed by atoms with Gasteiger partial charge in [0.15, 0.2) is 0 Å². The minimum atomic E-state index is -1.10. The van der Waals surface area contributed by atoms with Crippen LogP contribution in [0.4, 0.5) is 0 Å². The Labute approximate surface area is 96.0 Å². The predicted molar refractivity (Wildman–Crippen MR) is 59.2 cm³/mol. The smallest absolute Gasteiger partial charge is 0.346 e. The lowest BCUT2D eigenvalue weighted by atomic mass is 10.2. The van der Waals surface area contributed by atoms with Crippen LogP contribution in [0.2, 0.25) is 0 Å². The summed E-state index contributed by atoms with van der Waals surface area (Å²) in [5, 5.41) is 9.21. The third kappa shape index (κ3) is 3.07. The van der Waals surface area contributed by atoms with Crippen molar-refractivity contribution in [3.8, 4) is 0 Å². The van der Waals surface area contributed by atoms with Gasteiger partial charge >= 0.3 is 11.7 Å². The molecule has 1 rings (SSSR count). The second-order valence-electron chi connectivity index (χ2n) is 2.99. The first-order chi connectivity index (χ1) is 7.56. The molecule has 6 nitrogen and oxygen atoms in total. The van der Waals surface area contributed by atoms with Gasteiger partial charge in [-0.3, -0.25) is 0 Å². The van der Waals surface area contributed by atoms with Crippen LogP contribution in [0.5, 0.6) is 0 Å². The number of methoxy groups -OCH3 is 1. The van der Waals surface area contributed by atoms with Gasteiger partial charge < -0.3 is 14.8 Å². The molecule has 1 aromatic rings. The number of hydrogen-bond acceptors (Lipinski definition) is 5. The number of aromatic nitrogens is 2. The normalized spacial score (nSPS) is 10.4. The van der Waals surface area contributed by atoms with Gasteiger partial charge in [0, 0.05) is 18.6 Å². The van der Waals surface area contributed by atoms with Crippen molar-refractivity contribution >= 4 is 17.7 Å². The van der Waals surface area contributed by atoms with Crippen LogP contribution in [-0.4, -0.2) is 40.5 Å². The highest BCUT2D eigenvalue weighted by molar-refractivity contribution is 7.99. The zero-order chi connectivity index (χ0) is 12.1. The molecule has 0 aromatic carbocycles. The van der Waals surface area contributed by atoms with Crippen LogP contribution in [0, 0.1) is 6.92 Å². The zero-order valence-corrected chi connectivity index (χ0v) is 9.76. The second-order valence-corrected chi connectivity index (χ2v) is 4.08. The molecule has 2 N–H and O–H groups in total. The molecule has 0 aliphatic heterocycles. The summed E-state index contributed by atoms with van der Waals surface area (Å²) in [7, 11) is 1.55. The molecule has 0 atom stereocenters. The van der Waals surface area contributed by atoms with E-state index in [0.29, 0.717) is 18.1 Å². The lowest BCUT2D eigenvalue weighted by molar-refractivity contribution is 0.0690. The number of nitrogens with zero attached hydrogens (tertiary/aromatic N) is 1. The molecular formula is C9H12N2O4S. The molecule has 0 spiro atoms. The van der Waals surface area contributed by atoms with Crippen LogP contribution in [0.25, 0.3) is 0 Å². The molecule has 0 amide bonds. The van der Waals surface area contributed by atoms with Gasteiger partial charge in [-0.05, 0) is 6.92 Å². The Hall–Kier alpha value is -1.34. The molecular weight excluding hydrogens is 232 g/mol. The van der Waals surface area contributed by atoms with Gasteiger partial charge in [-0.1, -0.05) is 0 Å². The minimum absolute atomic E-state index is 0.0423. The Balaban J connectivity index is 3.04. The number of rotatable bonds is 5. The standard InChI is InChI=1S/C9H12N2O4S/c1-5-6(8(12)13)7(11-9(14)10-5)16-4-3-15-2/h3-4H2,1-2H3,(H,12,13)(H,10,11,14). The molecule has 88 valence electrons. The maximum atomic E-state index is 11.1. The fraction of sp³-hybridized carbons (Fsp3) is 0.444. The number of hydrogen-bond donors (Lipinski definition) is 2. The summed E-state index contributed by atoms with van der Waals surface area (Å²) in [5.74, 6) is -0.548. The van der Waals surface area contributed by atoms with Gasteiger partial charge in [0.1, 0.15) is 10.6 Å². The molecule has 0 saturated heterocycles. The predicted octanol–water partition coefficient (Wildman–Crippen LogP) is 0.515. The summed E-state index contributed by atoms with van der Waals surface area (Å²) < 4.78 is 4.84. The molecule has 1 aromatic heterocycles. The van der Waals surface area contributed by atoms with E-state index in [1.54, 1.807) is 7.11 Å². The van der Waals surface area contributed by atoms with Crippen molar-refractivity contribution in [1.82, 2.24) is 9.97 Å². The summed E-state index contributed by atoms with van der Waals surface area (Å²) >= 11 is 1.19. The fourth-order valence-electron chi connectivity index (χ4n) is 1.14. The number of carbonyl (C=O) groups is 1. The minimum Gasteiger partial charge on any atom is -0.478 e. The van der Waals surface area contributed by atoms with Crippen molar-refractivity contribution in [2.24, 2.45) is 0 Å². The third-order valence-electron chi connectivity index (χ3n) is 1.83. The number of carboxylic acid groups (broad SMARTS) is 1. The second kappa shape index (κ2) is 5.66. The highest BCUT2D eigenvalue weighted by Crippen LogP contribution is 2.20. The van der Waals surface area contributed by atoms with Crippen LogP contribution in [-0.2, 0) is 4.74 Å². The summed E-state index contributed by atoms with van der Waals surface area (Å²) in [6, 6.07) is 0. The summed E-state index contributed by atoms with van der Waals surface area (Å²) in [4.78, 5) is 28.1. The Morgan fingerprint density at radius 1 is 1.62 bits per heavy atom. The molecule has 0 saturated carbocycles.